The molecule has 1 nitrogen and oxygen atoms in total. The van der Waals surface area contributed by atoms with Crippen LogP contribution in [0.15, 0.2) is 24.3 Å². The zero-order chi connectivity index (χ0) is 11.3. The normalized spacial score (nSPS) is 11.7. The molecule has 0 radical (unpaired) electrons. The van der Waals surface area contributed by atoms with E-state index in [2.05, 4.69) is 66.3 Å². The van der Waals surface area contributed by atoms with E-state index in [9.17, 15) is 0 Å². The van der Waals surface area contributed by atoms with Gasteiger partial charge in [0.2, 0.25) is 0 Å². The van der Waals surface area contributed by atoms with Crippen molar-refractivity contribution in [3.8, 4) is 0 Å². The monoisotopic (exact) mass is 269 g/mol. The molecule has 1 aromatic rings. The largest absolute Gasteiger partial charge is 0.308 e. The summed E-state index contributed by atoms with van der Waals surface area (Å²) in [5.74, 6) is 0. The number of benzene rings is 1. The second-order valence-electron chi connectivity index (χ2n) is 4.60. The quantitative estimate of drug-likeness (QED) is 0.805. The van der Waals surface area contributed by atoms with Gasteiger partial charge in [-0.15, -0.1) is 0 Å². The molecule has 0 unspecified atom stereocenters. The molecule has 1 rings (SSSR count). The number of nitrogens with one attached hydrogen (secondary N) is 1. The Morgan fingerprint density at radius 1 is 1.27 bits per heavy atom. The second kappa shape index (κ2) is 5.66. The maximum Gasteiger partial charge on any atom is 0.0213 e. The summed E-state index contributed by atoms with van der Waals surface area (Å²) in [5.41, 5.74) is 2.95. The highest BCUT2D eigenvalue weighted by Crippen LogP contribution is 2.13. The van der Waals surface area contributed by atoms with E-state index in [4.69, 9.17) is 0 Å². The van der Waals surface area contributed by atoms with Crippen LogP contribution in [0.25, 0.3) is 0 Å². The van der Waals surface area contributed by atoms with Crippen molar-refractivity contribution < 1.29 is 0 Å². The van der Waals surface area contributed by atoms with Gasteiger partial charge in [-0.3, -0.25) is 0 Å². The minimum absolute atomic E-state index is 0.200. The van der Waals surface area contributed by atoms with Crippen LogP contribution in [0, 0.1) is 6.92 Å². The highest BCUT2D eigenvalue weighted by Gasteiger charge is 2.15. The average molecular weight is 270 g/mol. The van der Waals surface area contributed by atoms with Gasteiger partial charge in [-0.1, -0.05) is 40.2 Å². The molecular formula is C13H20BrN. The van der Waals surface area contributed by atoms with Gasteiger partial charge in [0.1, 0.15) is 0 Å². The molecule has 0 bridgehead atoms. The predicted octanol–water partition coefficient (Wildman–Crippen LogP) is 3.65. The Morgan fingerprint density at radius 2 is 1.93 bits per heavy atom. The Kier molecular flexibility index (Phi) is 4.81. The van der Waals surface area contributed by atoms with E-state index in [1.165, 1.54) is 11.1 Å². The van der Waals surface area contributed by atoms with E-state index in [0.717, 1.165) is 18.3 Å². The van der Waals surface area contributed by atoms with Gasteiger partial charge in [-0.05, 0) is 38.3 Å². The van der Waals surface area contributed by atoms with Crippen LogP contribution >= 0.6 is 15.9 Å². The molecule has 2 heteroatoms. The molecule has 0 aromatic heterocycles. The number of halogens is 1. The van der Waals surface area contributed by atoms with Crippen LogP contribution in [0.2, 0.25) is 0 Å². The number of hydrogen-bond acceptors (Lipinski definition) is 1. The number of rotatable bonds is 5. The minimum Gasteiger partial charge on any atom is -0.308 e. The first-order valence-electron chi connectivity index (χ1n) is 5.41. The Bertz CT molecular complexity index is 307. The van der Waals surface area contributed by atoms with Crippen LogP contribution in [0.3, 0.4) is 0 Å². The average Bonchev–Trinajstić information content (AvgIpc) is 2.16. The van der Waals surface area contributed by atoms with Gasteiger partial charge >= 0.3 is 0 Å². The third-order valence-corrected chi connectivity index (χ3v) is 3.13. The third-order valence-electron chi connectivity index (χ3n) is 2.74. The zero-order valence-electron chi connectivity index (χ0n) is 9.81. The van der Waals surface area contributed by atoms with Crippen LogP contribution < -0.4 is 5.32 Å². The van der Waals surface area contributed by atoms with E-state index >= 15 is 0 Å². The van der Waals surface area contributed by atoms with Gasteiger partial charge in [0.25, 0.3) is 0 Å². The summed E-state index contributed by atoms with van der Waals surface area (Å²) in [7, 11) is 0. The van der Waals surface area contributed by atoms with Gasteiger partial charge in [0.15, 0.2) is 0 Å². The Labute approximate surface area is 101 Å². The first-order chi connectivity index (χ1) is 7.05. The first-order valence-corrected chi connectivity index (χ1v) is 6.53. The fourth-order valence-corrected chi connectivity index (χ4v) is 2.46. The summed E-state index contributed by atoms with van der Waals surface area (Å²) < 4.78 is 0. The molecule has 0 amide bonds. The lowest BCUT2D eigenvalue weighted by Crippen LogP contribution is -2.39. The summed E-state index contributed by atoms with van der Waals surface area (Å²) >= 11 is 3.49. The van der Waals surface area contributed by atoms with Crippen molar-refractivity contribution in [1.29, 1.82) is 0 Å². The van der Waals surface area contributed by atoms with Crippen molar-refractivity contribution in [1.82, 2.24) is 5.32 Å². The molecule has 0 aliphatic rings. The molecule has 0 aliphatic carbocycles. The number of hydrogen-bond donors (Lipinski definition) is 1. The summed E-state index contributed by atoms with van der Waals surface area (Å²) in [6.45, 7) is 7.60. The van der Waals surface area contributed by atoms with Crippen molar-refractivity contribution in [3.63, 3.8) is 0 Å². The highest BCUT2D eigenvalue weighted by molar-refractivity contribution is 9.09. The molecule has 0 heterocycles. The van der Waals surface area contributed by atoms with Gasteiger partial charge in [0.05, 0.1) is 0 Å². The Hall–Kier alpha value is -0.340. The molecule has 0 aliphatic heterocycles. The molecule has 1 N–H and O–H groups in total. The lowest BCUT2D eigenvalue weighted by Gasteiger charge is -2.26. The summed E-state index contributed by atoms with van der Waals surface area (Å²) in [5, 5.41) is 4.63. The molecule has 15 heavy (non-hydrogen) atoms. The summed E-state index contributed by atoms with van der Waals surface area (Å²) in [6, 6.07) is 8.53. The van der Waals surface area contributed by atoms with Crippen molar-refractivity contribution in [3.05, 3.63) is 35.4 Å². The highest BCUT2D eigenvalue weighted by atomic mass is 79.9. The van der Waals surface area contributed by atoms with Crippen LogP contribution in [0.4, 0.5) is 0 Å². The van der Waals surface area contributed by atoms with Crippen molar-refractivity contribution in [2.45, 2.75) is 39.3 Å². The van der Waals surface area contributed by atoms with E-state index in [1.54, 1.807) is 0 Å². The smallest absolute Gasteiger partial charge is 0.0213 e. The first kappa shape index (κ1) is 12.7. The van der Waals surface area contributed by atoms with Crippen LogP contribution in [0.5, 0.6) is 0 Å². The maximum atomic E-state index is 3.59. The van der Waals surface area contributed by atoms with Crippen LogP contribution in [0.1, 0.15) is 31.4 Å². The van der Waals surface area contributed by atoms with Gasteiger partial charge < -0.3 is 5.32 Å². The minimum atomic E-state index is 0.200. The zero-order valence-corrected chi connectivity index (χ0v) is 11.4. The molecule has 0 spiro atoms. The predicted molar refractivity (Wildman–Crippen MR) is 70.5 cm³/mol. The molecule has 0 atom stereocenters. The van der Waals surface area contributed by atoms with E-state index in [-0.39, 0.29) is 5.54 Å². The van der Waals surface area contributed by atoms with E-state index in [0.29, 0.717) is 0 Å². The van der Waals surface area contributed by atoms with E-state index < -0.39 is 0 Å². The standard InChI is InChI=1S/C13H20BrN/c1-11-6-4-5-7-12(11)10-15-13(2,3)8-9-14/h4-7,15H,8-10H2,1-3H3. The lowest BCUT2D eigenvalue weighted by molar-refractivity contribution is 0.378. The molecule has 1 aromatic carbocycles. The molecule has 84 valence electrons. The SMILES string of the molecule is Cc1ccccc1CNC(C)(C)CCBr. The molecular weight excluding hydrogens is 250 g/mol. The molecule has 0 fully saturated rings. The van der Waals surface area contributed by atoms with Gasteiger partial charge in [-0.25, -0.2) is 0 Å². The van der Waals surface area contributed by atoms with Crippen molar-refractivity contribution >= 4 is 15.9 Å². The van der Waals surface area contributed by atoms with E-state index in [1.807, 2.05) is 0 Å². The Balaban J connectivity index is 2.53. The number of alkyl halides is 1. The van der Waals surface area contributed by atoms with Crippen molar-refractivity contribution in [2.75, 3.05) is 5.33 Å². The van der Waals surface area contributed by atoms with Gasteiger partial charge in [-0.2, -0.15) is 0 Å². The fourth-order valence-electron chi connectivity index (χ4n) is 1.47. The topological polar surface area (TPSA) is 12.0 Å². The van der Waals surface area contributed by atoms with Gasteiger partial charge in [0, 0.05) is 17.4 Å². The summed E-state index contributed by atoms with van der Waals surface area (Å²) in [6.07, 6.45) is 1.14. The lowest BCUT2D eigenvalue weighted by atomic mass is 10.0. The molecule has 0 saturated heterocycles. The fraction of sp³-hybridized carbons (Fsp3) is 0.538. The second-order valence-corrected chi connectivity index (χ2v) is 5.40. The summed E-state index contributed by atoms with van der Waals surface area (Å²) in [4.78, 5) is 0. The Morgan fingerprint density at radius 3 is 2.53 bits per heavy atom. The van der Waals surface area contributed by atoms with Crippen LogP contribution in [-0.4, -0.2) is 10.9 Å². The maximum absolute atomic E-state index is 3.59. The van der Waals surface area contributed by atoms with Crippen LogP contribution in [-0.2, 0) is 6.54 Å². The third kappa shape index (κ3) is 4.35. The molecule has 0 saturated carbocycles. The van der Waals surface area contributed by atoms with Crippen molar-refractivity contribution in [2.24, 2.45) is 0 Å². The number of aryl methyl sites for hydroxylation is 1.